The van der Waals surface area contributed by atoms with Gasteiger partial charge >= 0.3 is 7.47 Å². The van der Waals surface area contributed by atoms with E-state index in [0.29, 0.717) is 79.7 Å². The van der Waals surface area contributed by atoms with E-state index in [0.717, 1.165) is 169 Å². The topological polar surface area (TPSA) is 113 Å². The summed E-state index contributed by atoms with van der Waals surface area (Å²) in [4.78, 5) is 22.3. The number of fused-ring (bicyclic) bond motifs is 12. The fourth-order valence-corrected chi connectivity index (χ4v) is 13.6. The van der Waals surface area contributed by atoms with Crippen LogP contribution < -0.4 is 28.4 Å². The lowest BCUT2D eigenvalue weighted by molar-refractivity contribution is 0.104. The second-order valence-corrected chi connectivity index (χ2v) is 26.9. The minimum atomic E-state index is -3.25. The number of carbonyl (C=O) groups excluding carboxylic acids is 1. The molecule has 2 aromatic heterocycles. The van der Waals surface area contributed by atoms with Crippen LogP contribution in [0.1, 0.15) is 289 Å². The molecule has 0 amide bonds. The molecule has 0 aliphatic carbocycles. The van der Waals surface area contributed by atoms with E-state index in [-0.39, 0.29) is 17.1 Å². The molecule has 0 aliphatic heterocycles. The van der Waals surface area contributed by atoms with E-state index < -0.39 is 13.3 Å². The van der Waals surface area contributed by atoms with Gasteiger partial charge in [-0.05, 0) is 84.3 Å². The van der Waals surface area contributed by atoms with Crippen LogP contribution in [0.4, 0.5) is 8.63 Å². The van der Waals surface area contributed by atoms with Crippen molar-refractivity contribution < 1.29 is 46.5 Å². The zero-order chi connectivity index (χ0) is 67.5. The number of aromatic nitrogens is 2. The molecule has 0 radical (unpaired) electrons. The number of rotatable bonds is 53. The maximum Gasteiger partial charge on any atom is 0.796 e. The summed E-state index contributed by atoms with van der Waals surface area (Å²) in [6.07, 6.45) is 41.4. The number of ketones is 1. The molecule has 0 atom stereocenters. The predicted octanol–water partition coefficient (Wildman–Crippen LogP) is 25.9. The van der Waals surface area contributed by atoms with Crippen LogP contribution in [0.5, 0.6) is 34.5 Å². The third-order valence-electron chi connectivity index (χ3n) is 19.0. The summed E-state index contributed by atoms with van der Waals surface area (Å²) in [7, 11) is -3.25. The van der Waals surface area contributed by atoms with Gasteiger partial charge in [-0.3, -0.25) is 4.79 Å². The van der Waals surface area contributed by atoms with Gasteiger partial charge in [0.15, 0.2) is 23.0 Å². The number of carbonyl (C=O) groups is 1. The lowest BCUT2D eigenvalue weighted by atomic mass is 9.96. The van der Waals surface area contributed by atoms with Gasteiger partial charge in [0.25, 0.3) is 0 Å². The zero-order valence-electron chi connectivity index (χ0n) is 59.8. The van der Waals surface area contributed by atoms with Crippen LogP contribution >= 0.6 is 0 Å². The highest BCUT2D eigenvalue weighted by Crippen LogP contribution is 2.52. The van der Waals surface area contributed by atoms with Crippen molar-refractivity contribution in [3.05, 3.63) is 90.3 Å². The number of nitrogens with one attached hydrogen (secondary N) is 2. The number of allylic oxidation sites excluding steroid dienone is 1. The summed E-state index contributed by atoms with van der Waals surface area (Å²) in [5.41, 5.74) is 1.84. The van der Waals surface area contributed by atoms with Crippen molar-refractivity contribution in [2.45, 2.75) is 273 Å². The van der Waals surface area contributed by atoms with Crippen molar-refractivity contribution in [2.75, 3.05) is 39.6 Å². The second-order valence-electron chi connectivity index (χ2n) is 26.9. The first kappa shape index (κ1) is 75.2. The van der Waals surface area contributed by atoms with Gasteiger partial charge in [0.1, 0.15) is 5.76 Å². The van der Waals surface area contributed by atoms with Gasteiger partial charge in [0.2, 0.25) is 17.3 Å². The highest BCUT2D eigenvalue weighted by atomic mass is 19.2. The van der Waals surface area contributed by atoms with Crippen molar-refractivity contribution >= 4 is 83.9 Å². The molecule has 0 fully saturated rings. The van der Waals surface area contributed by atoms with Gasteiger partial charge < -0.3 is 43.0 Å². The number of ether oxygens (including phenoxy) is 6. The number of unbranched alkanes of at least 4 members (excludes halogenated alkanes) is 30. The molecular formula is C83H117BF2N2O8. The molecular weight excluding hydrogens is 1200 g/mol. The highest BCUT2D eigenvalue weighted by Gasteiger charge is 2.29. The van der Waals surface area contributed by atoms with E-state index in [1.165, 1.54) is 128 Å². The second kappa shape index (κ2) is 42.2. The van der Waals surface area contributed by atoms with Crippen LogP contribution in [0, 0.1) is 0 Å². The Hall–Kier alpha value is -6.63. The van der Waals surface area contributed by atoms with Gasteiger partial charge in [-0.1, -0.05) is 283 Å². The summed E-state index contributed by atoms with van der Waals surface area (Å²) in [6.45, 7) is 16.4. The summed E-state index contributed by atoms with van der Waals surface area (Å²) < 4.78 is 77.4. The molecule has 2 heterocycles. The Balaban J connectivity index is 1.26. The van der Waals surface area contributed by atoms with Crippen LogP contribution in [-0.2, 0) is 4.65 Å². The molecule has 10 nitrogen and oxygen atoms in total. The maximum atomic E-state index is 15.3. The fraction of sp³-hybridized carbons (Fsp3) is 0.578. The van der Waals surface area contributed by atoms with Crippen molar-refractivity contribution in [1.29, 1.82) is 0 Å². The van der Waals surface area contributed by atoms with Crippen molar-refractivity contribution in [3.8, 4) is 34.5 Å². The average Bonchev–Trinajstić information content (AvgIpc) is 1.41. The van der Waals surface area contributed by atoms with E-state index in [4.69, 9.17) is 33.1 Å². The van der Waals surface area contributed by atoms with E-state index in [1.807, 2.05) is 42.5 Å². The molecule has 8 aromatic rings. The van der Waals surface area contributed by atoms with E-state index in [2.05, 4.69) is 81.8 Å². The maximum absolute atomic E-state index is 15.3. The normalized spacial score (nSPS) is 11.9. The summed E-state index contributed by atoms with van der Waals surface area (Å²) in [6, 6.07) is 24.2. The molecule has 0 unspecified atom stereocenters. The van der Waals surface area contributed by atoms with Crippen molar-refractivity contribution in [1.82, 2.24) is 9.97 Å². The molecule has 0 saturated carbocycles. The van der Waals surface area contributed by atoms with E-state index in [9.17, 15) is 0 Å². The third kappa shape index (κ3) is 21.7. The lowest BCUT2D eigenvalue weighted by Crippen LogP contribution is -2.07. The smallest absolute Gasteiger partial charge is 0.503 e. The van der Waals surface area contributed by atoms with Crippen molar-refractivity contribution in [3.63, 3.8) is 0 Å². The average molecular weight is 1320 g/mol. The minimum Gasteiger partial charge on any atom is -0.503 e. The summed E-state index contributed by atoms with van der Waals surface area (Å²) >= 11 is 0. The van der Waals surface area contributed by atoms with E-state index in [1.54, 1.807) is 0 Å². The zero-order valence-corrected chi connectivity index (χ0v) is 59.8. The molecule has 96 heavy (non-hydrogen) atoms. The van der Waals surface area contributed by atoms with Gasteiger partial charge in [-0.25, -0.2) is 8.63 Å². The van der Waals surface area contributed by atoms with Gasteiger partial charge in [0, 0.05) is 38.4 Å². The Morgan fingerprint density at radius 1 is 0.344 bits per heavy atom. The minimum absolute atomic E-state index is 0.205. The lowest BCUT2D eigenvalue weighted by Gasteiger charge is -2.21. The number of benzene rings is 6. The van der Waals surface area contributed by atoms with Crippen molar-refractivity contribution in [2.24, 2.45) is 0 Å². The Kier molecular flexibility index (Phi) is 33.1. The standard InChI is InChI=1S/C83H117BF2N2O8/c1-7-13-19-25-31-41-51-90-74-59-66-62-47-37-39-49-64(62)78-68(76(66)82(94-55-45-35-29-23-17-11-5)80(74)92-53-43-33-27-21-15-9-3)57-70(87-78)72(89)61-73(96-84(85)86)71-58-69-77-67(63-48-38-40-50-65(63)79(69)88-71)60-75(91-52-42-32-26-20-14-8-2)81(93-54-44-34-28-22-16-10-4)83(77)95-56-46-36-30-24-18-12-6/h37-40,47-50,57-61,87-88H,7-36,41-46,51-56H2,1-6H3/b73-61-. The molecule has 0 saturated heterocycles. The number of H-pyrrole nitrogens is 2. The van der Waals surface area contributed by atoms with Crippen LogP contribution in [0.2, 0.25) is 0 Å². The molecule has 8 rings (SSSR count). The molecule has 2 N–H and O–H groups in total. The number of hydrogen-bond donors (Lipinski definition) is 2. The van der Waals surface area contributed by atoms with Crippen LogP contribution in [0.15, 0.2) is 78.9 Å². The predicted molar refractivity (Wildman–Crippen MR) is 401 cm³/mol. The van der Waals surface area contributed by atoms with Crippen LogP contribution in [-0.4, -0.2) is 62.9 Å². The van der Waals surface area contributed by atoms with Gasteiger partial charge in [-0.2, -0.15) is 0 Å². The van der Waals surface area contributed by atoms with Crippen LogP contribution in [0.3, 0.4) is 0 Å². The molecule has 0 spiro atoms. The van der Waals surface area contributed by atoms with Crippen LogP contribution in [0.25, 0.3) is 70.7 Å². The fourth-order valence-electron chi connectivity index (χ4n) is 13.6. The molecule has 0 aliphatic rings. The number of halogens is 2. The third-order valence-corrected chi connectivity index (χ3v) is 19.0. The highest BCUT2D eigenvalue weighted by molar-refractivity contribution is 6.36. The number of hydrogen-bond acceptors (Lipinski definition) is 8. The molecule has 13 heteroatoms. The Morgan fingerprint density at radius 3 is 0.979 bits per heavy atom. The van der Waals surface area contributed by atoms with Gasteiger partial charge in [-0.15, -0.1) is 0 Å². The first-order chi connectivity index (χ1) is 47.3. The summed E-state index contributed by atoms with van der Waals surface area (Å²) in [5.74, 6) is 2.75. The molecule has 524 valence electrons. The monoisotopic (exact) mass is 1320 g/mol. The Labute approximate surface area is 574 Å². The largest absolute Gasteiger partial charge is 0.796 e. The Morgan fingerprint density at radius 2 is 0.635 bits per heavy atom. The first-order valence-corrected chi connectivity index (χ1v) is 38.3. The van der Waals surface area contributed by atoms with Gasteiger partial charge in [0.05, 0.1) is 62.1 Å². The van der Waals surface area contributed by atoms with E-state index >= 15 is 13.4 Å². The molecule has 6 aromatic carbocycles. The quantitative estimate of drug-likeness (QED) is 0.00968. The summed E-state index contributed by atoms with van der Waals surface area (Å²) in [5, 5.41) is 8.51. The SMILES string of the molecule is CCCCCCCCOc1cc2c3ccccc3c3[nH]c(C(=O)/C=C(\OB(F)F)c4cc5c([nH]4)c4ccccc4c4cc(OCCCCCCCC)c(OCCCCCCCC)c(OCCCCCCCC)c45)cc3c2c(OCCCCCCCC)c1OCCCCCCCC. The molecule has 0 bridgehead atoms. The number of aromatic amines is 2. The Bertz CT molecular complexity index is 3630. The first-order valence-electron chi connectivity index (χ1n) is 38.3.